The fourth-order valence-electron chi connectivity index (χ4n) is 3.97. The molecule has 5 nitrogen and oxygen atoms in total. The lowest BCUT2D eigenvalue weighted by Gasteiger charge is -2.27. The topological polar surface area (TPSA) is 65.3 Å². The summed E-state index contributed by atoms with van der Waals surface area (Å²) in [5.41, 5.74) is 9.28. The molecule has 0 saturated heterocycles. The monoisotopic (exact) mass is 298 g/mol. The maximum atomic E-state index is 12.8. The van der Waals surface area contributed by atoms with E-state index in [4.69, 9.17) is 5.73 Å². The maximum Gasteiger partial charge on any atom is 0.278 e. The number of pyridine rings is 1. The largest absolute Gasteiger partial charge is 0.330 e. The molecule has 0 unspecified atom stereocenters. The van der Waals surface area contributed by atoms with Crippen LogP contribution in [0.1, 0.15) is 31.4 Å². The summed E-state index contributed by atoms with van der Waals surface area (Å²) < 4.78 is 3.95. The van der Waals surface area contributed by atoms with Crippen molar-refractivity contribution < 1.29 is 0 Å². The van der Waals surface area contributed by atoms with Gasteiger partial charge in [0.2, 0.25) is 0 Å². The van der Waals surface area contributed by atoms with Crippen molar-refractivity contribution in [3.63, 3.8) is 0 Å². The highest BCUT2D eigenvalue weighted by Crippen LogP contribution is 2.29. The first-order valence-electron chi connectivity index (χ1n) is 8.19. The minimum absolute atomic E-state index is 0.104. The van der Waals surface area contributed by atoms with Crippen molar-refractivity contribution in [2.24, 2.45) is 17.6 Å². The summed E-state index contributed by atoms with van der Waals surface area (Å²) in [5.74, 6) is 1.26. The predicted octanol–water partition coefficient (Wildman–Crippen LogP) is 2.16. The molecular weight excluding hydrogens is 276 g/mol. The fraction of sp³-hybridized carbons (Fsp3) is 0.529. The zero-order valence-electron chi connectivity index (χ0n) is 13.0. The number of imidazole rings is 2. The van der Waals surface area contributed by atoms with Crippen molar-refractivity contribution in [3.05, 3.63) is 34.2 Å². The summed E-state index contributed by atoms with van der Waals surface area (Å²) in [7, 11) is 0. The van der Waals surface area contributed by atoms with Gasteiger partial charge in [-0.05, 0) is 63.1 Å². The van der Waals surface area contributed by atoms with Crippen LogP contribution >= 0.6 is 0 Å². The third kappa shape index (κ3) is 1.96. The van der Waals surface area contributed by atoms with Crippen LogP contribution < -0.4 is 11.3 Å². The Bertz CT molecular complexity index is 854. The molecule has 0 atom stereocenters. The van der Waals surface area contributed by atoms with E-state index in [9.17, 15) is 4.79 Å². The molecule has 1 aliphatic carbocycles. The molecule has 1 aliphatic rings. The summed E-state index contributed by atoms with van der Waals surface area (Å²) in [6.07, 6.45) is 4.74. The average Bonchev–Trinajstić information content (AvgIpc) is 3.02. The summed E-state index contributed by atoms with van der Waals surface area (Å²) in [5, 5.41) is 0. The number of hydrogen-bond donors (Lipinski definition) is 1. The molecule has 4 rings (SSSR count). The van der Waals surface area contributed by atoms with Gasteiger partial charge in [0.15, 0.2) is 0 Å². The van der Waals surface area contributed by atoms with Gasteiger partial charge in [-0.25, -0.2) is 4.98 Å². The van der Waals surface area contributed by atoms with E-state index in [1.807, 2.05) is 34.1 Å². The second kappa shape index (κ2) is 5.09. The van der Waals surface area contributed by atoms with Crippen molar-refractivity contribution in [1.82, 2.24) is 14.0 Å². The second-order valence-corrected chi connectivity index (χ2v) is 6.66. The smallest absolute Gasteiger partial charge is 0.278 e. The summed E-state index contributed by atoms with van der Waals surface area (Å²) >= 11 is 0. The zero-order valence-corrected chi connectivity index (χ0v) is 13.0. The summed E-state index contributed by atoms with van der Waals surface area (Å²) in [4.78, 5) is 17.3. The number of nitrogens with two attached hydrogens (primary N) is 1. The number of aromatic nitrogens is 3. The molecule has 5 heteroatoms. The molecule has 3 aromatic rings. The van der Waals surface area contributed by atoms with E-state index in [0.717, 1.165) is 35.6 Å². The fourth-order valence-corrected chi connectivity index (χ4v) is 3.97. The molecule has 116 valence electrons. The first-order valence-corrected chi connectivity index (χ1v) is 8.19. The molecule has 22 heavy (non-hydrogen) atoms. The van der Waals surface area contributed by atoms with Crippen molar-refractivity contribution in [2.45, 2.75) is 39.2 Å². The normalized spacial score (nSPS) is 22.8. The Kier molecular flexibility index (Phi) is 3.18. The van der Waals surface area contributed by atoms with E-state index in [-0.39, 0.29) is 5.56 Å². The second-order valence-electron chi connectivity index (χ2n) is 6.66. The number of rotatable bonds is 3. The van der Waals surface area contributed by atoms with Crippen molar-refractivity contribution in [3.8, 4) is 0 Å². The van der Waals surface area contributed by atoms with Crippen LogP contribution in [0.15, 0.2) is 23.0 Å². The van der Waals surface area contributed by atoms with Gasteiger partial charge in [-0.15, -0.1) is 0 Å². The molecule has 0 spiro atoms. The Morgan fingerprint density at radius 1 is 1.23 bits per heavy atom. The molecule has 0 bridgehead atoms. The number of aryl methyl sites for hydroxylation is 1. The molecular formula is C17H22N4O. The third-order valence-electron chi connectivity index (χ3n) is 5.26. The van der Waals surface area contributed by atoms with Gasteiger partial charge in [0, 0.05) is 6.54 Å². The maximum absolute atomic E-state index is 12.8. The predicted molar refractivity (Wildman–Crippen MR) is 87.4 cm³/mol. The lowest BCUT2D eigenvalue weighted by Crippen LogP contribution is -2.26. The Labute approximate surface area is 129 Å². The highest BCUT2D eigenvalue weighted by atomic mass is 16.1. The van der Waals surface area contributed by atoms with Crippen LogP contribution in [0.25, 0.3) is 16.8 Å². The first-order chi connectivity index (χ1) is 10.7. The first kappa shape index (κ1) is 13.8. The Morgan fingerprint density at radius 3 is 2.68 bits per heavy atom. The quantitative estimate of drug-likeness (QED) is 0.806. The number of nitrogens with zero attached hydrogens (tertiary/aromatic N) is 3. The van der Waals surface area contributed by atoms with Gasteiger partial charge in [-0.2, -0.15) is 0 Å². The van der Waals surface area contributed by atoms with Gasteiger partial charge in [0.1, 0.15) is 16.8 Å². The van der Waals surface area contributed by atoms with Gasteiger partial charge >= 0.3 is 0 Å². The van der Waals surface area contributed by atoms with Crippen molar-refractivity contribution in [2.75, 3.05) is 6.54 Å². The van der Waals surface area contributed by atoms with Crippen LogP contribution in [0.5, 0.6) is 0 Å². The standard InChI is InChI=1S/C17H22N4O/c1-11-16-17(22)20(10-13-7-5-12(9-18)6-8-13)15-4-2-3-14(19-11)21(15)16/h2-4,12-13H,5-10,18H2,1H3. The molecule has 0 radical (unpaired) electrons. The average molecular weight is 298 g/mol. The van der Waals surface area contributed by atoms with Crippen LogP contribution in [0.4, 0.5) is 0 Å². The van der Waals surface area contributed by atoms with Gasteiger partial charge in [0.05, 0.1) is 5.69 Å². The van der Waals surface area contributed by atoms with Gasteiger partial charge in [-0.3, -0.25) is 13.8 Å². The molecule has 1 saturated carbocycles. The van der Waals surface area contributed by atoms with Crippen LogP contribution in [-0.4, -0.2) is 20.5 Å². The molecule has 1 fully saturated rings. The van der Waals surface area contributed by atoms with Gasteiger partial charge < -0.3 is 5.73 Å². The highest BCUT2D eigenvalue weighted by Gasteiger charge is 2.23. The van der Waals surface area contributed by atoms with E-state index < -0.39 is 0 Å². The lowest BCUT2D eigenvalue weighted by atomic mass is 9.82. The van der Waals surface area contributed by atoms with Crippen LogP contribution in [-0.2, 0) is 6.54 Å². The minimum Gasteiger partial charge on any atom is -0.330 e. The lowest BCUT2D eigenvalue weighted by molar-refractivity contribution is 0.257. The van der Waals surface area contributed by atoms with Crippen molar-refractivity contribution >= 4 is 16.8 Å². The van der Waals surface area contributed by atoms with Gasteiger partial charge in [0.25, 0.3) is 5.56 Å². The van der Waals surface area contributed by atoms with Crippen molar-refractivity contribution in [1.29, 1.82) is 0 Å². The Balaban J connectivity index is 1.72. The van der Waals surface area contributed by atoms with E-state index in [1.54, 1.807) is 0 Å². The Hall–Kier alpha value is -1.88. The highest BCUT2D eigenvalue weighted by molar-refractivity contribution is 5.69. The summed E-state index contributed by atoms with van der Waals surface area (Å²) in [6, 6.07) is 5.97. The van der Waals surface area contributed by atoms with E-state index >= 15 is 0 Å². The van der Waals surface area contributed by atoms with Crippen LogP contribution in [0, 0.1) is 18.8 Å². The molecule has 0 aliphatic heterocycles. The van der Waals surface area contributed by atoms with Crippen LogP contribution in [0.3, 0.4) is 0 Å². The third-order valence-corrected chi connectivity index (χ3v) is 5.26. The van der Waals surface area contributed by atoms with E-state index in [2.05, 4.69) is 4.98 Å². The Morgan fingerprint density at radius 2 is 1.95 bits per heavy atom. The molecule has 3 aromatic heterocycles. The zero-order chi connectivity index (χ0) is 15.3. The van der Waals surface area contributed by atoms with Crippen LogP contribution in [0.2, 0.25) is 0 Å². The SMILES string of the molecule is Cc1nc2cccc3n(CC4CCC(CN)CC4)c(=O)c1n23. The molecule has 2 N–H and O–H groups in total. The van der Waals surface area contributed by atoms with Gasteiger partial charge in [-0.1, -0.05) is 6.07 Å². The van der Waals surface area contributed by atoms with E-state index in [0.29, 0.717) is 11.8 Å². The molecule has 3 heterocycles. The van der Waals surface area contributed by atoms with E-state index in [1.165, 1.54) is 25.7 Å². The molecule has 0 aromatic carbocycles. The molecule has 0 amide bonds. The number of hydrogen-bond acceptors (Lipinski definition) is 3. The minimum atomic E-state index is 0.104. The summed E-state index contributed by atoms with van der Waals surface area (Å²) in [6.45, 7) is 3.53.